The lowest BCUT2D eigenvalue weighted by atomic mass is 10.0. The molecule has 29 heavy (non-hydrogen) atoms. The third-order valence-electron chi connectivity index (χ3n) is 5.30. The van der Waals surface area contributed by atoms with Gasteiger partial charge in [0.25, 0.3) is 0 Å². The predicted octanol–water partition coefficient (Wildman–Crippen LogP) is 6.02. The van der Waals surface area contributed by atoms with Gasteiger partial charge in [0.1, 0.15) is 0 Å². The van der Waals surface area contributed by atoms with Crippen LogP contribution in [0.4, 0.5) is 0 Å². The topological polar surface area (TPSA) is 54.4 Å². The van der Waals surface area contributed by atoms with Crippen molar-refractivity contribution in [2.24, 2.45) is 5.92 Å². The number of aliphatic hydroxyl groups is 1. The summed E-state index contributed by atoms with van der Waals surface area (Å²) in [6, 6.07) is 6.23. The predicted molar refractivity (Wildman–Crippen MR) is 123 cm³/mol. The fourth-order valence-electron chi connectivity index (χ4n) is 3.62. The van der Waals surface area contributed by atoms with E-state index in [1.807, 2.05) is 18.2 Å². The molecule has 0 bridgehead atoms. The standard InChI is InChI=1S/C25H46N2O2/c1-4-5-6-7-8-9-10-11-12-13-17-29-21-24-16-14-15-23(27-24)19-26-25(20-28)18-22(2)3/h14-16,22,25-26,28H,4-13,17-21H2,1-3H3/t25-/m0/s1. The first-order valence-corrected chi connectivity index (χ1v) is 12.0. The average molecular weight is 407 g/mol. The minimum atomic E-state index is 0.132. The summed E-state index contributed by atoms with van der Waals surface area (Å²) in [5.41, 5.74) is 1.99. The van der Waals surface area contributed by atoms with Gasteiger partial charge in [-0.2, -0.15) is 0 Å². The Hall–Kier alpha value is -0.970. The first-order chi connectivity index (χ1) is 14.2. The summed E-state index contributed by atoms with van der Waals surface area (Å²) in [5.74, 6) is 0.568. The van der Waals surface area contributed by atoms with Crippen molar-refractivity contribution in [2.75, 3.05) is 13.2 Å². The monoisotopic (exact) mass is 406 g/mol. The Kier molecular flexibility index (Phi) is 16.0. The molecule has 4 heteroatoms. The van der Waals surface area contributed by atoms with E-state index in [4.69, 9.17) is 4.74 Å². The van der Waals surface area contributed by atoms with Crippen LogP contribution >= 0.6 is 0 Å². The van der Waals surface area contributed by atoms with Gasteiger partial charge in [0, 0.05) is 19.2 Å². The summed E-state index contributed by atoms with van der Waals surface area (Å²) in [5, 5.41) is 12.9. The van der Waals surface area contributed by atoms with Crippen molar-refractivity contribution in [3.63, 3.8) is 0 Å². The maximum Gasteiger partial charge on any atom is 0.0887 e. The van der Waals surface area contributed by atoms with Gasteiger partial charge < -0.3 is 15.2 Å². The number of nitrogens with zero attached hydrogens (tertiary/aromatic N) is 1. The van der Waals surface area contributed by atoms with Gasteiger partial charge in [0.05, 0.1) is 24.6 Å². The van der Waals surface area contributed by atoms with Crippen molar-refractivity contribution in [3.05, 3.63) is 29.6 Å². The normalized spacial score (nSPS) is 12.6. The van der Waals surface area contributed by atoms with Crippen LogP contribution in [-0.4, -0.2) is 29.3 Å². The summed E-state index contributed by atoms with van der Waals surface area (Å²) in [6.45, 7) is 8.88. The molecular weight excluding hydrogens is 360 g/mol. The van der Waals surface area contributed by atoms with Crippen LogP contribution < -0.4 is 5.32 Å². The number of pyridine rings is 1. The zero-order valence-corrected chi connectivity index (χ0v) is 19.3. The van der Waals surface area contributed by atoms with E-state index in [1.165, 1.54) is 57.8 Å². The van der Waals surface area contributed by atoms with Crippen LogP contribution in [0, 0.1) is 5.92 Å². The number of unbranched alkanes of at least 4 members (excludes halogenated alkanes) is 9. The minimum Gasteiger partial charge on any atom is -0.395 e. The molecule has 0 fully saturated rings. The lowest BCUT2D eigenvalue weighted by Gasteiger charge is -2.18. The molecule has 0 aliphatic heterocycles. The zero-order chi connectivity index (χ0) is 21.2. The van der Waals surface area contributed by atoms with Gasteiger partial charge in [-0.15, -0.1) is 0 Å². The molecule has 1 aromatic heterocycles. The van der Waals surface area contributed by atoms with E-state index in [0.29, 0.717) is 19.1 Å². The van der Waals surface area contributed by atoms with Gasteiger partial charge in [-0.3, -0.25) is 4.98 Å². The molecule has 0 aliphatic carbocycles. The fraction of sp³-hybridized carbons (Fsp3) is 0.800. The Morgan fingerprint density at radius 1 is 0.931 bits per heavy atom. The molecule has 0 unspecified atom stereocenters. The molecule has 1 heterocycles. The van der Waals surface area contributed by atoms with Crippen LogP contribution in [0.1, 0.15) is 103 Å². The SMILES string of the molecule is CCCCCCCCCCCCOCc1cccc(CN[C@H](CO)CC(C)C)n1. The number of aromatic nitrogens is 1. The highest BCUT2D eigenvalue weighted by Gasteiger charge is 2.09. The Balaban J connectivity index is 2.08. The molecule has 0 radical (unpaired) electrons. The summed E-state index contributed by atoms with van der Waals surface area (Å²) in [7, 11) is 0. The number of aliphatic hydroxyl groups excluding tert-OH is 1. The van der Waals surface area contributed by atoms with Crippen molar-refractivity contribution < 1.29 is 9.84 Å². The van der Waals surface area contributed by atoms with Crippen molar-refractivity contribution >= 4 is 0 Å². The zero-order valence-electron chi connectivity index (χ0n) is 19.3. The van der Waals surface area contributed by atoms with E-state index in [2.05, 4.69) is 31.1 Å². The second-order valence-corrected chi connectivity index (χ2v) is 8.74. The molecule has 0 saturated carbocycles. The van der Waals surface area contributed by atoms with E-state index in [9.17, 15) is 5.11 Å². The fourth-order valence-corrected chi connectivity index (χ4v) is 3.62. The van der Waals surface area contributed by atoms with Crippen molar-refractivity contribution in [2.45, 2.75) is 111 Å². The van der Waals surface area contributed by atoms with Crippen LogP contribution in [0.3, 0.4) is 0 Å². The largest absolute Gasteiger partial charge is 0.395 e. The van der Waals surface area contributed by atoms with Gasteiger partial charge in [0.15, 0.2) is 0 Å². The van der Waals surface area contributed by atoms with E-state index >= 15 is 0 Å². The van der Waals surface area contributed by atoms with Crippen LogP contribution in [-0.2, 0) is 17.9 Å². The van der Waals surface area contributed by atoms with Gasteiger partial charge in [-0.25, -0.2) is 0 Å². The summed E-state index contributed by atoms with van der Waals surface area (Å²) in [4.78, 5) is 4.68. The lowest BCUT2D eigenvalue weighted by Crippen LogP contribution is -2.33. The molecule has 0 spiro atoms. The average Bonchev–Trinajstić information content (AvgIpc) is 2.72. The molecule has 0 amide bonds. The Morgan fingerprint density at radius 3 is 2.17 bits per heavy atom. The van der Waals surface area contributed by atoms with Crippen LogP contribution in [0.2, 0.25) is 0 Å². The highest BCUT2D eigenvalue weighted by atomic mass is 16.5. The number of hydrogen-bond donors (Lipinski definition) is 2. The van der Waals surface area contributed by atoms with Crippen LogP contribution in [0.25, 0.3) is 0 Å². The molecule has 1 atom stereocenters. The quantitative estimate of drug-likeness (QED) is 0.276. The summed E-state index contributed by atoms with van der Waals surface area (Å²) < 4.78 is 5.82. The van der Waals surface area contributed by atoms with E-state index in [1.54, 1.807) is 0 Å². The van der Waals surface area contributed by atoms with Crippen molar-refractivity contribution in [3.8, 4) is 0 Å². The highest BCUT2D eigenvalue weighted by molar-refractivity contribution is 5.10. The molecule has 1 rings (SSSR count). The maximum absolute atomic E-state index is 9.48. The van der Waals surface area contributed by atoms with E-state index < -0.39 is 0 Å². The maximum atomic E-state index is 9.48. The molecule has 168 valence electrons. The lowest BCUT2D eigenvalue weighted by molar-refractivity contribution is 0.114. The molecule has 1 aromatic rings. The van der Waals surface area contributed by atoms with Gasteiger partial charge in [-0.05, 0) is 30.9 Å². The van der Waals surface area contributed by atoms with Gasteiger partial charge in [0.2, 0.25) is 0 Å². The van der Waals surface area contributed by atoms with Crippen molar-refractivity contribution in [1.82, 2.24) is 10.3 Å². The Labute approximate surface area is 179 Å². The first kappa shape index (κ1) is 26.1. The van der Waals surface area contributed by atoms with Gasteiger partial charge >= 0.3 is 0 Å². The second-order valence-electron chi connectivity index (χ2n) is 8.74. The summed E-state index contributed by atoms with van der Waals surface area (Å²) in [6.07, 6.45) is 14.4. The molecular formula is C25H46N2O2. The number of hydrogen-bond acceptors (Lipinski definition) is 4. The minimum absolute atomic E-state index is 0.132. The Bertz CT molecular complexity index is 493. The number of ether oxygens (including phenoxy) is 1. The van der Waals surface area contributed by atoms with E-state index in [0.717, 1.165) is 30.8 Å². The Morgan fingerprint density at radius 2 is 1.55 bits per heavy atom. The highest BCUT2D eigenvalue weighted by Crippen LogP contribution is 2.11. The number of nitrogens with one attached hydrogen (secondary N) is 1. The van der Waals surface area contributed by atoms with Crippen LogP contribution in [0.5, 0.6) is 0 Å². The smallest absolute Gasteiger partial charge is 0.0887 e. The molecule has 4 nitrogen and oxygen atoms in total. The van der Waals surface area contributed by atoms with E-state index in [-0.39, 0.29) is 12.6 Å². The molecule has 0 saturated heterocycles. The molecule has 0 aliphatic rings. The summed E-state index contributed by atoms with van der Waals surface area (Å²) >= 11 is 0. The molecule has 0 aromatic carbocycles. The second kappa shape index (κ2) is 17.9. The first-order valence-electron chi connectivity index (χ1n) is 12.0. The van der Waals surface area contributed by atoms with Gasteiger partial charge in [-0.1, -0.05) is 84.6 Å². The van der Waals surface area contributed by atoms with Crippen LogP contribution in [0.15, 0.2) is 18.2 Å². The third kappa shape index (κ3) is 14.6. The number of rotatable bonds is 19. The molecule has 2 N–H and O–H groups in total. The third-order valence-corrected chi connectivity index (χ3v) is 5.30. The van der Waals surface area contributed by atoms with Crippen molar-refractivity contribution in [1.29, 1.82) is 0 Å².